The zero-order chi connectivity index (χ0) is 20.1. The molecule has 0 aliphatic heterocycles. The molecule has 2 aromatic carbocycles. The Morgan fingerprint density at radius 2 is 1.86 bits per heavy atom. The minimum Gasteiger partial charge on any atom is -0.336 e. The average molecular weight is 404 g/mol. The molecule has 3 nitrogen and oxygen atoms in total. The maximum atomic E-state index is 12.9. The summed E-state index contributed by atoms with van der Waals surface area (Å²) >= 11 is 1.57. The summed E-state index contributed by atoms with van der Waals surface area (Å²) in [5, 5.41) is 0.879. The van der Waals surface area contributed by atoms with E-state index in [4.69, 9.17) is 0 Å². The molecule has 0 radical (unpaired) electrons. The Balaban J connectivity index is 1.44. The number of benzene rings is 2. The number of fused-ring (bicyclic) bond motifs is 1. The number of thiazole rings is 1. The summed E-state index contributed by atoms with van der Waals surface area (Å²) < 4.78 is 39.2. The normalized spacial score (nSPS) is 20.2. The lowest BCUT2D eigenvalue weighted by atomic mass is 10.1. The monoisotopic (exact) mass is 404 g/mol. The molecule has 1 heterocycles. The van der Waals surface area contributed by atoms with Crippen LogP contribution in [0, 0.1) is 5.92 Å². The van der Waals surface area contributed by atoms with Crippen LogP contribution in [0.3, 0.4) is 0 Å². The van der Waals surface area contributed by atoms with Crippen molar-refractivity contribution in [3.63, 3.8) is 0 Å². The van der Waals surface area contributed by atoms with E-state index in [1.54, 1.807) is 23.3 Å². The summed E-state index contributed by atoms with van der Waals surface area (Å²) in [7, 11) is 1.77. The quantitative estimate of drug-likeness (QED) is 0.564. The highest BCUT2D eigenvalue weighted by Crippen LogP contribution is 2.49. The summed E-state index contributed by atoms with van der Waals surface area (Å²) in [6.45, 7) is 1.95. The van der Waals surface area contributed by atoms with Crippen molar-refractivity contribution in [2.45, 2.75) is 31.5 Å². The number of halogens is 3. The molecular weight excluding hydrogens is 385 g/mol. The number of hydrogen-bond donors (Lipinski definition) is 0. The lowest BCUT2D eigenvalue weighted by Crippen LogP contribution is -2.31. The van der Waals surface area contributed by atoms with Crippen molar-refractivity contribution in [3.8, 4) is 0 Å². The standard InChI is InChI=1S/C21H19F3N2OS/c1-12(19-25-17-5-3-4-6-18(17)28-19)26(2)20(27)16-11-15(16)13-7-9-14(10-8-13)21(22,23)24/h3-10,12,15-16H,11H2,1-2H3. The van der Waals surface area contributed by atoms with Crippen molar-refractivity contribution >= 4 is 27.5 Å². The van der Waals surface area contributed by atoms with Gasteiger partial charge in [0, 0.05) is 13.0 Å². The molecule has 1 aliphatic carbocycles. The van der Waals surface area contributed by atoms with Gasteiger partial charge in [-0.3, -0.25) is 4.79 Å². The second kappa shape index (κ2) is 6.88. The minimum absolute atomic E-state index is 0.0108. The Morgan fingerprint density at radius 1 is 1.18 bits per heavy atom. The molecule has 4 rings (SSSR count). The fourth-order valence-corrected chi connectivity index (χ4v) is 4.51. The minimum atomic E-state index is -4.34. The number of hydrogen-bond acceptors (Lipinski definition) is 3. The van der Waals surface area contributed by atoms with Crippen molar-refractivity contribution in [2.24, 2.45) is 5.92 Å². The fraction of sp³-hybridized carbons (Fsp3) is 0.333. The van der Waals surface area contributed by atoms with Gasteiger partial charge in [0.1, 0.15) is 5.01 Å². The van der Waals surface area contributed by atoms with E-state index in [1.165, 1.54) is 12.1 Å². The van der Waals surface area contributed by atoms with Crippen LogP contribution in [0.15, 0.2) is 48.5 Å². The zero-order valence-electron chi connectivity index (χ0n) is 15.4. The van der Waals surface area contributed by atoms with Crippen LogP contribution in [0.25, 0.3) is 10.2 Å². The van der Waals surface area contributed by atoms with E-state index in [1.807, 2.05) is 31.2 Å². The first-order chi connectivity index (χ1) is 13.3. The van der Waals surface area contributed by atoms with Crippen LogP contribution in [0.5, 0.6) is 0 Å². The molecule has 1 aromatic heterocycles. The zero-order valence-corrected chi connectivity index (χ0v) is 16.2. The summed E-state index contributed by atoms with van der Waals surface area (Å²) in [4.78, 5) is 19.2. The van der Waals surface area contributed by atoms with E-state index < -0.39 is 11.7 Å². The third-order valence-corrected chi connectivity index (χ3v) is 6.58. The highest BCUT2D eigenvalue weighted by molar-refractivity contribution is 7.18. The van der Waals surface area contributed by atoms with Crippen LogP contribution in [0.1, 0.15) is 41.4 Å². The van der Waals surface area contributed by atoms with E-state index >= 15 is 0 Å². The first-order valence-corrected chi connectivity index (χ1v) is 9.86. The van der Waals surface area contributed by atoms with Gasteiger partial charge in [0.2, 0.25) is 5.91 Å². The van der Waals surface area contributed by atoms with Crippen LogP contribution in [0.2, 0.25) is 0 Å². The molecule has 1 saturated carbocycles. The number of rotatable bonds is 4. The lowest BCUT2D eigenvalue weighted by molar-refractivity contribution is -0.137. The molecule has 0 bridgehead atoms. The Bertz CT molecular complexity index is 979. The maximum absolute atomic E-state index is 12.9. The third-order valence-electron chi connectivity index (χ3n) is 5.37. The van der Waals surface area contributed by atoms with E-state index in [-0.39, 0.29) is 23.8 Å². The van der Waals surface area contributed by atoms with Gasteiger partial charge in [-0.15, -0.1) is 11.3 Å². The number of para-hydroxylation sites is 1. The van der Waals surface area contributed by atoms with Gasteiger partial charge in [-0.1, -0.05) is 24.3 Å². The molecule has 3 atom stereocenters. The summed E-state index contributed by atoms with van der Waals surface area (Å²) in [6, 6.07) is 12.8. The highest BCUT2D eigenvalue weighted by Gasteiger charge is 2.46. The van der Waals surface area contributed by atoms with Crippen molar-refractivity contribution in [3.05, 3.63) is 64.7 Å². The Labute approximate surface area is 164 Å². The molecular formula is C21H19F3N2OS. The molecule has 3 unspecified atom stereocenters. The van der Waals surface area contributed by atoms with E-state index in [2.05, 4.69) is 4.98 Å². The van der Waals surface area contributed by atoms with Crippen LogP contribution >= 0.6 is 11.3 Å². The van der Waals surface area contributed by atoms with E-state index in [0.717, 1.165) is 32.9 Å². The van der Waals surface area contributed by atoms with Crippen LogP contribution in [-0.2, 0) is 11.0 Å². The lowest BCUT2D eigenvalue weighted by Gasteiger charge is -2.23. The average Bonchev–Trinajstić information content (AvgIpc) is 3.36. The van der Waals surface area contributed by atoms with E-state index in [9.17, 15) is 18.0 Å². The van der Waals surface area contributed by atoms with Crippen molar-refractivity contribution in [1.29, 1.82) is 0 Å². The molecule has 7 heteroatoms. The van der Waals surface area contributed by atoms with Gasteiger partial charge in [0.05, 0.1) is 21.8 Å². The summed E-state index contributed by atoms with van der Waals surface area (Å²) in [5.41, 5.74) is 1.04. The number of alkyl halides is 3. The number of nitrogens with zero attached hydrogens (tertiary/aromatic N) is 2. The van der Waals surface area contributed by atoms with Crippen molar-refractivity contribution in [1.82, 2.24) is 9.88 Å². The van der Waals surface area contributed by atoms with Gasteiger partial charge in [-0.2, -0.15) is 13.2 Å². The van der Waals surface area contributed by atoms with Crippen LogP contribution < -0.4 is 0 Å². The van der Waals surface area contributed by atoms with Gasteiger partial charge < -0.3 is 4.90 Å². The first kappa shape index (κ1) is 18.9. The first-order valence-electron chi connectivity index (χ1n) is 9.05. The summed E-state index contributed by atoms with van der Waals surface area (Å²) in [6.07, 6.45) is -3.68. The molecule has 0 N–H and O–H groups in total. The van der Waals surface area contributed by atoms with Gasteiger partial charge in [-0.05, 0) is 49.1 Å². The molecule has 28 heavy (non-hydrogen) atoms. The van der Waals surface area contributed by atoms with Crippen molar-refractivity contribution < 1.29 is 18.0 Å². The smallest absolute Gasteiger partial charge is 0.336 e. The van der Waals surface area contributed by atoms with E-state index in [0.29, 0.717) is 6.42 Å². The molecule has 3 aromatic rings. The molecule has 1 aliphatic rings. The predicted molar refractivity (Wildman–Crippen MR) is 103 cm³/mol. The van der Waals surface area contributed by atoms with Gasteiger partial charge in [0.25, 0.3) is 0 Å². The molecule has 0 saturated heterocycles. The molecule has 1 amide bonds. The fourth-order valence-electron chi connectivity index (χ4n) is 3.44. The van der Waals surface area contributed by atoms with Crippen LogP contribution in [-0.4, -0.2) is 22.8 Å². The second-order valence-corrected chi connectivity index (χ2v) is 8.28. The molecule has 146 valence electrons. The van der Waals surface area contributed by atoms with Gasteiger partial charge >= 0.3 is 6.18 Å². The number of aromatic nitrogens is 1. The molecule has 1 fully saturated rings. The van der Waals surface area contributed by atoms with Crippen molar-refractivity contribution in [2.75, 3.05) is 7.05 Å². The number of carbonyl (C=O) groups excluding carboxylic acids is 1. The van der Waals surface area contributed by atoms with Gasteiger partial charge in [0.15, 0.2) is 0 Å². The SMILES string of the molecule is CC(c1nc2ccccc2s1)N(C)C(=O)C1CC1c1ccc(C(F)(F)F)cc1. The van der Waals surface area contributed by atoms with Crippen LogP contribution in [0.4, 0.5) is 13.2 Å². The molecule has 0 spiro atoms. The predicted octanol–water partition coefficient (Wildman–Crippen LogP) is 5.64. The maximum Gasteiger partial charge on any atom is 0.416 e. The largest absolute Gasteiger partial charge is 0.416 e. The number of carbonyl (C=O) groups is 1. The Hall–Kier alpha value is -2.41. The summed E-state index contributed by atoms with van der Waals surface area (Å²) in [5.74, 6) is -0.185. The highest BCUT2D eigenvalue weighted by atomic mass is 32.1. The second-order valence-electron chi connectivity index (χ2n) is 7.21. The Morgan fingerprint density at radius 3 is 2.50 bits per heavy atom. The topological polar surface area (TPSA) is 33.2 Å². The number of amides is 1. The van der Waals surface area contributed by atoms with Gasteiger partial charge in [-0.25, -0.2) is 4.98 Å². The Kier molecular flexibility index (Phi) is 4.65. The third kappa shape index (κ3) is 3.51.